The van der Waals surface area contributed by atoms with E-state index in [0.29, 0.717) is 41.9 Å². The first-order valence-corrected chi connectivity index (χ1v) is 10.2. The third-order valence-electron chi connectivity index (χ3n) is 5.19. The van der Waals surface area contributed by atoms with Crippen LogP contribution < -0.4 is 9.64 Å². The van der Waals surface area contributed by atoms with E-state index in [1.165, 1.54) is 11.0 Å². The van der Waals surface area contributed by atoms with E-state index < -0.39 is 11.7 Å². The molecule has 0 bridgehead atoms. The second-order valence-electron chi connectivity index (χ2n) is 7.24. The molecule has 4 rings (SSSR count). The van der Waals surface area contributed by atoms with Gasteiger partial charge in [0.25, 0.3) is 0 Å². The van der Waals surface area contributed by atoms with Gasteiger partial charge in [0.1, 0.15) is 18.8 Å². The molecule has 0 radical (unpaired) electrons. The number of hydrogen-bond acceptors (Lipinski definition) is 4. The highest BCUT2D eigenvalue weighted by molar-refractivity contribution is 7.71. The molecule has 0 unspecified atom stereocenters. The van der Waals surface area contributed by atoms with Crippen LogP contribution in [0.25, 0.3) is 17.1 Å². The Kier molecular flexibility index (Phi) is 6.12. The lowest BCUT2D eigenvalue weighted by Gasteiger charge is -2.23. The molecule has 2 aromatic carbocycles. The molecule has 1 aliphatic heterocycles. The molecule has 0 aliphatic carbocycles. The average molecular weight is 451 g/mol. The van der Waals surface area contributed by atoms with Crippen molar-refractivity contribution in [3.8, 4) is 22.8 Å². The van der Waals surface area contributed by atoms with Crippen molar-refractivity contribution >= 4 is 12.2 Å². The first-order valence-electron chi connectivity index (χ1n) is 9.80. The maximum atomic E-state index is 13.3. The van der Waals surface area contributed by atoms with Crippen LogP contribution in [0.2, 0.25) is 0 Å². The topological polar surface area (TPSA) is 45.6 Å². The zero-order valence-electron chi connectivity index (χ0n) is 16.9. The molecule has 2 heterocycles. The summed E-state index contributed by atoms with van der Waals surface area (Å²) >= 11 is 5.66. The number of nitrogens with one attached hydrogen (secondary N) is 1. The van der Waals surface area contributed by atoms with Crippen LogP contribution in [0.3, 0.4) is 0 Å². The quantitative estimate of drug-likeness (QED) is 0.606. The number of benzene rings is 2. The number of nitrogens with zero attached hydrogens (tertiary/aromatic N) is 3. The normalized spacial score (nSPS) is 15.2. The third kappa shape index (κ3) is 4.65. The SMILES string of the molecule is COc1ccc(-c2nn(C[NH+]3CCOCC3)c(=S)n2-c2cccc(C(F)(F)F)c2)cc1. The van der Waals surface area contributed by atoms with Crippen molar-refractivity contribution < 1.29 is 27.5 Å². The fraction of sp³-hybridized carbons (Fsp3) is 0.333. The molecule has 6 nitrogen and oxygen atoms in total. The molecule has 10 heteroatoms. The van der Waals surface area contributed by atoms with Gasteiger partial charge in [0.15, 0.2) is 12.5 Å². The molecule has 0 atom stereocenters. The Morgan fingerprint density at radius 1 is 1.13 bits per heavy atom. The van der Waals surface area contributed by atoms with Crippen molar-refractivity contribution in [2.24, 2.45) is 0 Å². The maximum Gasteiger partial charge on any atom is 0.416 e. The van der Waals surface area contributed by atoms with E-state index in [-0.39, 0.29) is 0 Å². The summed E-state index contributed by atoms with van der Waals surface area (Å²) in [6, 6.07) is 12.3. The molecule has 1 N–H and O–H groups in total. The van der Waals surface area contributed by atoms with E-state index in [2.05, 4.69) is 5.10 Å². The van der Waals surface area contributed by atoms with E-state index in [0.717, 1.165) is 30.8 Å². The molecule has 31 heavy (non-hydrogen) atoms. The Hall–Kier alpha value is -2.69. The summed E-state index contributed by atoms with van der Waals surface area (Å²) in [5, 5.41) is 4.69. The predicted octanol–water partition coefficient (Wildman–Crippen LogP) is 2.97. The summed E-state index contributed by atoms with van der Waals surface area (Å²) in [6.45, 7) is 3.45. The number of alkyl halides is 3. The fourth-order valence-corrected chi connectivity index (χ4v) is 3.82. The first-order chi connectivity index (χ1) is 14.9. The number of morpholine rings is 1. The Bertz CT molecular complexity index is 1100. The van der Waals surface area contributed by atoms with Gasteiger partial charge in [-0.25, -0.2) is 0 Å². The van der Waals surface area contributed by atoms with Crippen molar-refractivity contribution in [3.63, 3.8) is 0 Å². The number of methoxy groups -OCH3 is 1. The van der Waals surface area contributed by atoms with Crippen LogP contribution in [0.4, 0.5) is 13.2 Å². The van der Waals surface area contributed by atoms with E-state index in [9.17, 15) is 13.2 Å². The summed E-state index contributed by atoms with van der Waals surface area (Å²) in [5.74, 6) is 1.14. The molecular formula is C21H22F3N4O2S+. The lowest BCUT2D eigenvalue weighted by atomic mass is 10.1. The van der Waals surface area contributed by atoms with Crippen LogP contribution in [-0.2, 0) is 17.6 Å². The van der Waals surface area contributed by atoms with Crippen LogP contribution in [0.5, 0.6) is 5.75 Å². The lowest BCUT2D eigenvalue weighted by Crippen LogP contribution is -3.13. The van der Waals surface area contributed by atoms with E-state index >= 15 is 0 Å². The van der Waals surface area contributed by atoms with Crippen molar-refractivity contribution in [1.82, 2.24) is 14.3 Å². The molecule has 0 amide bonds. The van der Waals surface area contributed by atoms with Crippen molar-refractivity contribution in [1.29, 1.82) is 0 Å². The highest BCUT2D eigenvalue weighted by atomic mass is 32.1. The summed E-state index contributed by atoms with van der Waals surface area (Å²) in [6.07, 6.45) is -4.45. The van der Waals surface area contributed by atoms with Crippen LogP contribution >= 0.6 is 12.2 Å². The Morgan fingerprint density at radius 3 is 2.48 bits per heavy atom. The van der Waals surface area contributed by atoms with Crippen LogP contribution in [0.15, 0.2) is 48.5 Å². The largest absolute Gasteiger partial charge is 0.497 e. The summed E-state index contributed by atoms with van der Waals surface area (Å²) in [5.41, 5.74) is 0.299. The van der Waals surface area contributed by atoms with E-state index in [1.54, 1.807) is 34.6 Å². The molecule has 1 saturated heterocycles. The maximum absolute atomic E-state index is 13.3. The summed E-state index contributed by atoms with van der Waals surface area (Å²) in [4.78, 5) is 1.25. The molecule has 164 valence electrons. The Balaban J connectivity index is 1.82. The summed E-state index contributed by atoms with van der Waals surface area (Å²) in [7, 11) is 1.57. The van der Waals surface area contributed by atoms with Gasteiger partial charge in [0.05, 0.1) is 31.6 Å². The van der Waals surface area contributed by atoms with Gasteiger partial charge in [-0.2, -0.15) is 17.9 Å². The highest BCUT2D eigenvalue weighted by Crippen LogP contribution is 2.32. The molecule has 1 aliphatic rings. The minimum absolute atomic E-state index is 0.314. The standard InChI is InChI=1S/C21H21F3N4O2S/c1-29-18-7-5-15(6-8-18)19-25-27(14-26-9-11-30-12-10-26)20(31)28(19)17-4-2-3-16(13-17)21(22,23)24/h2-8,13H,9-12,14H2,1H3/p+1. The molecular weight excluding hydrogens is 429 g/mol. The Morgan fingerprint density at radius 2 is 1.84 bits per heavy atom. The van der Waals surface area contributed by atoms with Crippen molar-refractivity contribution in [2.45, 2.75) is 12.8 Å². The van der Waals surface area contributed by atoms with Crippen LogP contribution in [0.1, 0.15) is 5.56 Å². The first kappa shape index (κ1) is 21.5. The number of quaternary nitrogens is 1. The molecule has 1 fully saturated rings. The van der Waals surface area contributed by atoms with Crippen molar-refractivity contribution in [3.05, 3.63) is 58.9 Å². The average Bonchev–Trinajstić information content (AvgIpc) is 3.10. The van der Waals surface area contributed by atoms with Gasteiger partial charge >= 0.3 is 6.18 Å². The number of aromatic nitrogens is 3. The van der Waals surface area contributed by atoms with Crippen molar-refractivity contribution in [2.75, 3.05) is 33.4 Å². The molecule has 0 spiro atoms. The molecule has 3 aromatic rings. The van der Waals surface area contributed by atoms with Crippen LogP contribution in [-0.4, -0.2) is 47.8 Å². The number of halogens is 3. The van der Waals surface area contributed by atoms with E-state index in [1.807, 2.05) is 12.1 Å². The van der Waals surface area contributed by atoms with Gasteiger partial charge in [-0.05, 0) is 54.7 Å². The Labute approximate surface area is 182 Å². The van der Waals surface area contributed by atoms with Gasteiger partial charge in [-0.1, -0.05) is 6.07 Å². The summed E-state index contributed by atoms with van der Waals surface area (Å²) < 4.78 is 54.2. The van der Waals surface area contributed by atoms with E-state index in [4.69, 9.17) is 21.7 Å². The van der Waals surface area contributed by atoms with Crippen LogP contribution in [0, 0.1) is 4.77 Å². The number of rotatable bonds is 5. The zero-order valence-corrected chi connectivity index (χ0v) is 17.7. The third-order valence-corrected chi connectivity index (χ3v) is 5.59. The molecule has 1 aromatic heterocycles. The highest BCUT2D eigenvalue weighted by Gasteiger charge is 2.31. The van der Waals surface area contributed by atoms with Gasteiger partial charge in [-0.15, -0.1) is 5.10 Å². The predicted molar refractivity (Wildman–Crippen MR) is 111 cm³/mol. The van der Waals surface area contributed by atoms with Gasteiger partial charge < -0.3 is 14.4 Å². The second-order valence-corrected chi connectivity index (χ2v) is 7.60. The fourth-order valence-electron chi connectivity index (χ4n) is 3.52. The van der Waals surface area contributed by atoms with Gasteiger partial charge in [0, 0.05) is 5.56 Å². The smallest absolute Gasteiger partial charge is 0.416 e. The minimum atomic E-state index is -4.45. The van der Waals surface area contributed by atoms with Gasteiger partial charge in [0.2, 0.25) is 4.77 Å². The minimum Gasteiger partial charge on any atom is -0.497 e. The number of ether oxygens (including phenoxy) is 2. The zero-order chi connectivity index (χ0) is 22.0. The lowest BCUT2D eigenvalue weighted by molar-refractivity contribution is -0.930. The monoisotopic (exact) mass is 451 g/mol. The molecule has 0 saturated carbocycles. The second kappa shape index (κ2) is 8.81. The number of hydrogen-bond donors (Lipinski definition) is 1. The van der Waals surface area contributed by atoms with Gasteiger partial charge in [-0.3, -0.25) is 4.57 Å².